The number of halogens is 1. The summed E-state index contributed by atoms with van der Waals surface area (Å²) in [5.41, 5.74) is 2.99. The Morgan fingerprint density at radius 3 is 2.93 bits per heavy atom. The number of pyridine rings is 1. The van der Waals surface area contributed by atoms with Gasteiger partial charge in [-0.3, -0.25) is 9.20 Å². The van der Waals surface area contributed by atoms with Crippen LogP contribution in [0.3, 0.4) is 0 Å². The third-order valence-corrected chi connectivity index (χ3v) is 5.68. The lowest BCUT2D eigenvalue weighted by Gasteiger charge is -2.23. The summed E-state index contributed by atoms with van der Waals surface area (Å²) in [5.74, 6) is 0.761. The van der Waals surface area contributed by atoms with Crippen LogP contribution in [0, 0.1) is 6.92 Å². The standard InChI is InChI=1S/C21H19ClN6O/c1-14-17(13-23-28(14)16-7-4-6-15(22)12-16)21(29)26-11-5-8-18(26)20-25-24-19-9-2-3-10-27(19)20/h2-4,6-7,9-10,12-13,18H,5,8,11H2,1H3/t18-/m0/s1. The predicted octanol–water partition coefficient (Wildman–Crippen LogP) is 3.85. The Balaban J connectivity index is 1.49. The molecule has 4 heterocycles. The maximum absolute atomic E-state index is 13.4. The van der Waals surface area contributed by atoms with Crippen LogP contribution in [0.4, 0.5) is 0 Å². The van der Waals surface area contributed by atoms with Gasteiger partial charge in [-0.25, -0.2) is 4.68 Å². The van der Waals surface area contributed by atoms with Crippen LogP contribution in [-0.4, -0.2) is 41.7 Å². The number of aromatic nitrogens is 5. The first-order chi connectivity index (χ1) is 14.1. The number of nitrogens with zero attached hydrogens (tertiary/aromatic N) is 6. The van der Waals surface area contributed by atoms with Crippen LogP contribution < -0.4 is 0 Å². The number of carbonyl (C=O) groups is 1. The van der Waals surface area contributed by atoms with Crippen molar-refractivity contribution in [2.24, 2.45) is 0 Å². The molecule has 1 saturated heterocycles. The zero-order valence-electron chi connectivity index (χ0n) is 15.9. The zero-order chi connectivity index (χ0) is 20.0. The van der Waals surface area contributed by atoms with Gasteiger partial charge in [-0.05, 0) is 50.1 Å². The van der Waals surface area contributed by atoms with E-state index in [9.17, 15) is 4.79 Å². The highest BCUT2D eigenvalue weighted by molar-refractivity contribution is 6.30. The maximum atomic E-state index is 13.4. The van der Waals surface area contributed by atoms with Crippen LogP contribution in [0.2, 0.25) is 5.02 Å². The van der Waals surface area contributed by atoms with Gasteiger partial charge in [0.15, 0.2) is 11.5 Å². The lowest BCUT2D eigenvalue weighted by molar-refractivity contribution is 0.0728. The van der Waals surface area contributed by atoms with Crippen molar-refractivity contribution in [3.8, 4) is 5.69 Å². The van der Waals surface area contributed by atoms with Crippen LogP contribution in [-0.2, 0) is 0 Å². The molecule has 5 rings (SSSR count). The molecule has 1 atom stereocenters. The number of rotatable bonds is 3. The summed E-state index contributed by atoms with van der Waals surface area (Å²) < 4.78 is 3.70. The highest BCUT2D eigenvalue weighted by atomic mass is 35.5. The average Bonchev–Trinajstić information content (AvgIpc) is 3.45. The van der Waals surface area contributed by atoms with Crippen molar-refractivity contribution in [1.29, 1.82) is 0 Å². The van der Waals surface area contributed by atoms with Crippen molar-refractivity contribution < 1.29 is 4.79 Å². The Morgan fingerprint density at radius 2 is 2.07 bits per heavy atom. The Kier molecular flexibility index (Phi) is 4.32. The van der Waals surface area contributed by atoms with E-state index in [1.165, 1.54) is 0 Å². The molecule has 3 aromatic heterocycles. The quantitative estimate of drug-likeness (QED) is 0.518. The molecule has 0 bridgehead atoms. The number of likely N-dealkylation sites (tertiary alicyclic amines) is 1. The molecule has 0 N–H and O–H groups in total. The molecule has 146 valence electrons. The van der Waals surface area contributed by atoms with Crippen LogP contribution in [0.15, 0.2) is 54.9 Å². The molecule has 0 aliphatic carbocycles. The fourth-order valence-corrected chi connectivity index (χ4v) is 4.19. The van der Waals surface area contributed by atoms with E-state index in [2.05, 4.69) is 15.3 Å². The normalized spacial score (nSPS) is 16.6. The van der Waals surface area contributed by atoms with Gasteiger partial charge < -0.3 is 4.90 Å². The van der Waals surface area contributed by atoms with Crippen molar-refractivity contribution >= 4 is 23.2 Å². The Hall–Kier alpha value is -3.19. The highest BCUT2D eigenvalue weighted by Gasteiger charge is 2.35. The molecule has 4 aromatic rings. The molecule has 1 aliphatic heterocycles. The number of amides is 1. The van der Waals surface area contributed by atoms with Crippen molar-refractivity contribution in [2.45, 2.75) is 25.8 Å². The lowest BCUT2D eigenvalue weighted by atomic mass is 10.1. The van der Waals surface area contributed by atoms with E-state index in [-0.39, 0.29) is 11.9 Å². The topological polar surface area (TPSA) is 68.3 Å². The molecule has 0 unspecified atom stereocenters. The van der Waals surface area contributed by atoms with Gasteiger partial charge in [0.25, 0.3) is 5.91 Å². The fraction of sp³-hybridized carbons (Fsp3) is 0.238. The summed E-state index contributed by atoms with van der Waals surface area (Å²) in [6, 6.07) is 13.1. The van der Waals surface area contributed by atoms with E-state index in [1.807, 2.05) is 64.9 Å². The summed E-state index contributed by atoms with van der Waals surface area (Å²) in [6.45, 7) is 2.59. The van der Waals surface area contributed by atoms with Gasteiger partial charge in [-0.1, -0.05) is 23.7 Å². The fourth-order valence-electron chi connectivity index (χ4n) is 4.01. The van der Waals surface area contributed by atoms with Crippen molar-refractivity contribution in [3.63, 3.8) is 0 Å². The molecule has 1 fully saturated rings. The van der Waals surface area contributed by atoms with Gasteiger partial charge >= 0.3 is 0 Å². The van der Waals surface area contributed by atoms with E-state index < -0.39 is 0 Å². The Bertz CT molecular complexity index is 1210. The molecule has 0 radical (unpaired) electrons. The van der Waals surface area contributed by atoms with Gasteiger partial charge in [0.2, 0.25) is 0 Å². The molecule has 0 saturated carbocycles. The molecule has 7 nitrogen and oxygen atoms in total. The predicted molar refractivity (Wildman–Crippen MR) is 109 cm³/mol. The molecular weight excluding hydrogens is 388 g/mol. The average molecular weight is 407 g/mol. The number of hydrogen-bond acceptors (Lipinski definition) is 4. The van der Waals surface area contributed by atoms with Crippen LogP contribution >= 0.6 is 11.6 Å². The van der Waals surface area contributed by atoms with E-state index in [0.717, 1.165) is 35.7 Å². The number of fused-ring (bicyclic) bond motifs is 1. The minimum atomic E-state index is -0.103. The Morgan fingerprint density at radius 1 is 1.17 bits per heavy atom. The molecule has 1 amide bonds. The Labute approximate surface area is 172 Å². The summed E-state index contributed by atoms with van der Waals surface area (Å²) in [5, 5.41) is 13.7. The number of benzene rings is 1. The molecule has 1 aromatic carbocycles. The van der Waals surface area contributed by atoms with E-state index >= 15 is 0 Å². The van der Waals surface area contributed by atoms with Crippen molar-refractivity contribution in [2.75, 3.05) is 6.54 Å². The van der Waals surface area contributed by atoms with Gasteiger partial charge in [0.1, 0.15) is 0 Å². The van der Waals surface area contributed by atoms with Gasteiger partial charge in [-0.15, -0.1) is 10.2 Å². The van der Waals surface area contributed by atoms with Gasteiger partial charge in [0.05, 0.1) is 29.2 Å². The van der Waals surface area contributed by atoms with E-state index in [1.54, 1.807) is 10.9 Å². The van der Waals surface area contributed by atoms with Gasteiger partial charge in [-0.2, -0.15) is 5.10 Å². The zero-order valence-corrected chi connectivity index (χ0v) is 16.6. The minimum absolute atomic E-state index is 0.0361. The summed E-state index contributed by atoms with van der Waals surface area (Å²) in [4.78, 5) is 15.3. The SMILES string of the molecule is Cc1c(C(=O)N2CCC[C@H]2c2nnc3ccccn23)cnn1-c1cccc(Cl)c1. The number of hydrogen-bond donors (Lipinski definition) is 0. The first kappa shape index (κ1) is 17.9. The maximum Gasteiger partial charge on any atom is 0.257 e. The van der Waals surface area contributed by atoms with E-state index in [4.69, 9.17) is 11.6 Å². The third kappa shape index (κ3) is 2.98. The molecule has 0 spiro atoms. The van der Waals surface area contributed by atoms with E-state index in [0.29, 0.717) is 17.1 Å². The first-order valence-electron chi connectivity index (χ1n) is 9.54. The van der Waals surface area contributed by atoms with Crippen LogP contribution in [0.1, 0.15) is 40.8 Å². The minimum Gasteiger partial charge on any atom is -0.328 e. The van der Waals surface area contributed by atoms with Gasteiger partial charge in [0, 0.05) is 17.8 Å². The third-order valence-electron chi connectivity index (χ3n) is 5.44. The first-order valence-corrected chi connectivity index (χ1v) is 9.92. The summed E-state index contributed by atoms with van der Waals surface area (Å²) >= 11 is 6.11. The second kappa shape index (κ2) is 7.00. The largest absolute Gasteiger partial charge is 0.328 e. The molecule has 8 heteroatoms. The molecule has 29 heavy (non-hydrogen) atoms. The van der Waals surface area contributed by atoms with Crippen molar-refractivity contribution in [3.05, 3.63) is 77.0 Å². The summed E-state index contributed by atoms with van der Waals surface area (Å²) in [7, 11) is 0. The smallest absolute Gasteiger partial charge is 0.257 e. The monoisotopic (exact) mass is 406 g/mol. The lowest BCUT2D eigenvalue weighted by Crippen LogP contribution is -2.31. The number of carbonyl (C=O) groups excluding carboxylic acids is 1. The van der Waals surface area contributed by atoms with Crippen LogP contribution in [0.25, 0.3) is 11.3 Å². The summed E-state index contributed by atoms with van der Waals surface area (Å²) in [6.07, 6.45) is 5.37. The van der Waals surface area contributed by atoms with Crippen LogP contribution in [0.5, 0.6) is 0 Å². The second-order valence-corrected chi connectivity index (χ2v) is 7.62. The molecule has 1 aliphatic rings. The van der Waals surface area contributed by atoms with Crippen molar-refractivity contribution in [1.82, 2.24) is 29.3 Å². The highest BCUT2D eigenvalue weighted by Crippen LogP contribution is 2.33. The molecular formula is C21H19ClN6O. The second-order valence-electron chi connectivity index (χ2n) is 7.18.